The Labute approximate surface area is 107 Å². The van der Waals surface area contributed by atoms with Crippen molar-refractivity contribution >= 4 is 13.4 Å². The summed E-state index contributed by atoms with van der Waals surface area (Å²) in [7, 11) is -0.653. The van der Waals surface area contributed by atoms with Gasteiger partial charge in [-0.1, -0.05) is 30.3 Å². The van der Waals surface area contributed by atoms with Crippen LogP contribution in [0.1, 0.15) is 18.4 Å². The van der Waals surface area contributed by atoms with Crippen molar-refractivity contribution in [2.45, 2.75) is 18.3 Å². The first-order chi connectivity index (χ1) is 8.56. The normalized spacial score (nSPS) is 17.4. The Morgan fingerprint density at radius 2 is 1.78 bits per heavy atom. The van der Waals surface area contributed by atoms with Gasteiger partial charge in [0.2, 0.25) is 0 Å². The van der Waals surface area contributed by atoms with Crippen LogP contribution in [0, 0.1) is 0 Å². The molecular formula is C13H17O4P. The molecule has 1 aromatic carbocycles. The first-order valence-electron chi connectivity index (χ1n) is 5.86. The molecule has 0 heterocycles. The van der Waals surface area contributed by atoms with E-state index in [9.17, 15) is 9.36 Å². The SMILES string of the molecule is COP(=O)(CC(=O)C1(c2ccccc2)CC1)OC. The topological polar surface area (TPSA) is 52.6 Å². The molecule has 0 amide bonds. The summed E-state index contributed by atoms with van der Waals surface area (Å²) < 4.78 is 21.7. The van der Waals surface area contributed by atoms with E-state index < -0.39 is 13.0 Å². The van der Waals surface area contributed by atoms with Crippen LogP contribution in [0.15, 0.2) is 30.3 Å². The van der Waals surface area contributed by atoms with Gasteiger partial charge in [-0.25, -0.2) is 0 Å². The molecule has 4 nitrogen and oxygen atoms in total. The quantitative estimate of drug-likeness (QED) is 0.744. The molecule has 0 spiro atoms. The molecule has 0 atom stereocenters. The second-order valence-corrected chi connectivity index (χ2v) is 6.77. The lowest BCUT2D eigenvalue weighted by Crippen LogP contribution is -2.24. The van der Waals surface area contributed by atoms with Crippen molar-refractivity contribution < 1.29 is 18.4 Å². The van der Waals surface area contributed by atoms with Gasteiger partial charge in [-0.05, 0) is 18.4 Å². The van der Waals surface area contributed by atoms with Gasteiger partial charge in [-0.15, -0.1) is 0 Å². The van der Waals surface area contributed by atoms with Gasteiger partial charge in [0.05, 0.1) is 5.41 Å². The second-order valence-electron chi connectivity index (χ2n) is 4.51. The van der Waals surface area contributed by atoms with Crippen LogP contribution >= 0.6 is 7.60 Å². The molecule has 0 aromatic heterocycles. The predicted molar refractivity (Wildman–Crippen MR) is 68.9 cm³/mol. The minimum Gasteiger partial charge on any atom is -0.312 e. The molecule has 1 aromatic rings. The van der Waals surface area contributed by atoms with Crippen LogP contribution in [0.25, 0.3) is 0 Å². The molecule has 1 fully saturated rings. The Kier molecular flexibility index (Phi) is 3.71. The molecule has 0 aliphatic heterocycles. The minimum atomic E-state index is -3.26. The summed E-state index contributed by atoms with van der Waals surface area (Å²) in [4.78, 5) is 12.3. The summed E-state index contributed by atoms with van der Waals surface area (Å²) in [6.07, 6.45) is 1.46. The molecule has 0 N–H and O–H groups in total. The van der Waals surface area contributed by atoms with Crippen molar-refractivity contribution in [3.05, 3.63) is 35.9 Å². The first-order valence-corrected chi connectivity index (χ1v) is 7.58. The number of hydrogen-bond acceptors (Lipinski definition) is 4. The van der Waals surface area contributed by atoms with Gasteiger partial charge in [0.1, 0.15) is 6.16 Å². The van der Waals surface area contributed by atoms with Crippen LogP contribution in [0.5, 0.6) is 0 Å². The van der Waals surface area contributed by atoms with Gasteiger partial charge in [0.15, 0.2) is 5.78 Å². The third-order valence-corrected chi connectivity index (χ3v) is 5.29. The van der Waals surface area contributed by atoms with Crippen LogP contribution in [0.3, 0.4) is 0 Å². The number of hydrogen-bond donors (Lipinski definition) is 0. The van der Waals surface area contributed by atoms with E-state index in [1.165, 1.54) is 14.2 Å². The summed E-state index contributed by atoms with van der Waals surface area (Å²) in [5.41, 5.74) is 0.530. The van der Waals surface area contributed by atoms with Crippen molar-refractivity contribution in [2.24, 2.45) is 0 Å². The zero-order valence-electron chi connectivity index (χ0n) is 10.6. The molecule has 0 unspecified atom stereocenters. The van der Waals surface area contributed by atoms with Crippen LogP contribution in [0.2, 0.25) is 0 Å². The lowest BCUT2D eigenvalue weighted by molar-refractivity contribution is -0.119. The Morgan fingerprint density at radius 1 is 1.22 bits per heavy atom. The number of ketones is 1. The van der Waals surface area contributed by atoms with E-state index in [0.717, 1.165) is 18.4 Å². The van der Waals surface area contributed by atoms with Crippen LogP contribution < -0.4 is 0 Å². The minimum absolute atomic E-state index is 0.0549. The third-order valence-electron chi connectivity index (χ3n) is 3.50. The molecule has 0 radical (unpaired) electrons. The maximum Gasteiger partial charge on any atom is 0.337 e. The zero-order valence-corrected chi connectivity index (χ0v) is 11.5. The molecule has 0 bridgehead atoms. The largest absolute Gasteiger partial charge is 0.337 e. The molecule has 2 rings (SSSR count). The van der Waals surface area contributed by atoms with Crippen LogP contribution in [-0.2, 0) is 23.8 Å². The molecule has 18 heavy (non-hydrogen) atoms. The number of carbonyl (C=O) groups excluding carboxylic acids is 1. The molecular weight excluding hydrogens is 251 g/mol. The number of rotatable bonds is 6. The standard InChI is InChI=1S/C13H17O4P/c1-16-18(15,17-2)10-12(14)13(8-9-13)11-6-4-3-5-7-11/h3-7H,8-10H2,1-2H3. The fraction of sp³-hybridized carbons (Fsp3) is 0.462. The van der Waals surface area contributed by atoms with Crippen molar-refractivity contribution in [1.82, 2.24) is 0 Å². The van der Waals surface area contributed by atoms with Crippen LogP contribution in [0.4, 0.5) is 0 Å². The van der Waals surface area contributed by atoms with Crippen molar-refractivity contribution in [1.29, 1.82) is 0 Å². The maximum absolute atomic E-state index is 12.3. The summed E-state index contributed by atoms with van der Waals surface area (Å²) >= 11 is 0. The number of benzene rings is 1. The van der Waals surface area contributed by atoms with Crippen molar-refractivity contribution in [2.75, 3.05) is 20.4 Å². The third kappa shape index (κ3) is 2.41. The van der Waals surface area contributed by atoms with Crippen LogP contribution in [-0.4, -0.2) is 26.2 Å². The Hall–Kier alpha value is -0.960. The molecule has 0 saturated heterocycles. The zero-order chi connectivity index (χ0) is 13.2. The summed E-state index contributed by atoms with van der Waals surface area (Å²) in [6, 6.07) is 9.62. The van der Waals surface area contributed by atoms with Gasteiger partial charge in [0.25, 0.3) is 0 Å². The maximum atomic E-state index is 12.3. The molecule has 1 saturated carbocycles. The van der Waals surface area contributed by atoms with Gasteiger partial charge >= 0.3 is 7.60 Å². The molecule has 1 aliphatic rings. The van der Waals surface area contributed by atoms with E-state index in [-0.39, 0.29) is 11.9 Å². The second kappa shape index (κ2) is 4.96. The lowest BCUT2D eigenvalue weighted by Gasteiger charge is -2.18. The number of carbonyl (C=O) groups is 1. The highest BCUT2D eigenvalue weighted by molar-refractivity contribution is 7.54. The molecule has 98 valence electrons. The van der Waals surface area contributed by atoms with E-state index in [1.807, 2.05) is 30.3 Å². The average Bonchev–Trinajstić information content (AvgIpc) is 3.21. The van der Waals surface area contributed by atoms with Gasteiger partial charge < -0.3 is 9.05 Å². The number of Topliss-reactive ketones (excluding diaryl/α,β-unsaturated/α-hetero) is 1. The lowest BCUT2D eigenvalue weighted by atomic mass is 9.92. The van der Waals surface area contributed by atoms with Gasteiger partial charge in [-0.3, -0.25) is 9.36 Å². The molecule has 1 aliphatic carbocycles. The monoisotopic (exact) mass is 268 g/mol. The van der Waals surface area contributed by atoms with Gasteiger partial charge in [0, 0.05) is 14.2 Å². The van der Waals surface area contributed by atoms with E-state index in [1.54, 1.807) is 0 Å². The average molecular weight is 268 g/mol. The van der Waals surface area contributed by atoms with Crippen molar-refractivity contribution in [3.63, 3.8) is 0 Å². The Morgan fingerprint density at radius 3 is 2.22 bits per heavy atom. The summed E-state index contributed by atoms with van der Waals surface area (Å²) in [5, 5.41) is 0. The Bertz CT molecular complexity index is 471. The first kappa shape index (κ1) is 13.5. The summed E-state index contributed by atoms with van der Waals surface area (Å²) in [6.45, 7) is 0. The van der Waals surface area contributed by atoms with E-state index in [0.29, 0.717) is 0 Å². The van der Waals surface area contributed by atoms with Gasteiger partial charge in [-0.2, -0.15) is 0 Å². The smallest absolute Gasteiger partial charge is 0.312 e. The fourth-order valence-electron chi connectivity index (χ4n) is 2.14. The van der Waals surface area contributed by atoms with E-state index >= 15 is 0 Å². The van der Waals surface area contributed by atoms with E-state index in [4.69, 9.17) is 9.05 Å². The summed E-state index contributed by atoms with van der Waals surface area (Å²) in [5.74, 6) is -0.0549. The van der Waals surface area contributed by atoms with E-state index in [2.05, 4.69) is 0 Å². The highest BCUT2D eigenvalue weighted by atomic mass is 31.2. The van der Waals surface area contributed by atoms with Crippen molar-refractivity contribution in [3.8, 4) is 0 Å². The predicted octanol–water partition coefficient (Wildman–Crippen LogP) is 2.77. The highest BCUT2D eigenvalue weighted by Crippen LogP contribution is 2.54. The Balaban J connectivity index is 2.18. The molecule has 5 heteroatoms. The highest BCUT2D eigenvalue weighted by Gasteiger charge is 2.52. The fourth-order valence-corrected chi connectivity index (χ4v) is 3.20.